The van der Waals surface area contributed by atoms with Crippen LogP contribution < -0.4 is 0 Å². The van der Waals surface area contributed by atoms with Crippen LogP contribution in [0.3, 0.4) is 0 Å². The van der Waals surface area contributed by atoms with Gasteiger partial charge in [0.25, 0.3) is 5.95 Å². The summed E-state index contributed by atoms with van der Waals surface area (Å²) in [5.41, 5.74) is 4.82. The molecule has 0 fully saturated rings. The fourth-order valence-electron chi connectivity index (χ4n) is 3.58. The van der Waals surface area contributed by atoms with Crippen molar-refractivity contribution in [1.82, 2.24) is 14.8 Å². The maximum atomic E-state index is 9.39. The van der Waals surface area contributed by atoms with Crippen molar-refractivity contribution >= 4 is 12.2 Å². The highest BCUT2D eigenvalue weighted by Gasteiger charge is 2.12. The molecule has 0 amide bonds. The lowest BCUT2D eigenvalue weighted by Crippen LogP contribution is -2.05. The van der Waals surface area contributed by atoms with Crippen molar-refractivity contribution in [3.63, 3.8) is 0 Å². The molecule has 0 saturated carbocycles. The maximum Gasteiger partial charge on any atom is 0.251 e. The van der Waals surface area contributed by atoms with E-state index in [0.29, 0.717) is 18.1 Å². The number of aryl methyl sites for hydroxylation is 1. The summed E-state index contributed by atoms with van der Waals surface area (Å²) in [6.07, 6.45) is 4.86. The van der Waals surface area contributed by atoms with Crippen LogP contribution in [-0.2, 0) is 13.0 Å². The van der Waals surface area contributed by atoms with Crippen LogP contribution in [0.1, 0.15) is 42.3 Å². The predicted molar refractivity (Wildman–Crippen MR) is 128 cm³/mol. The number of rotatable bonds is 8. The number of hydrogen-bond acceptors (Lipinski definition) is 4. The van der Waals surface area contributed by atoms with E-state index >= 15 is 0 Å². The summed E-state index contributed by atoms with van der Waals surface area (Å²) in [4.78, 5) is 4.62. The molecule has 0 aliphatic carbocycles. The summed E-state index contributed by atoms with van der Waals surface area (Å²) in [6.45, 7) is 2.82. The Hall–Kier alpha value is -4.04. The van der Waals surface area contributed by atoms with Crippen molar-refractivity contribution in [1.29, 1.82) is 5.26 Å². The zero-order valence-corrected chi connectivity index (χ0v) is 18.1. The van der Waals surface area contributed by atoms with E-state index in [-0.39, 0.29) is 0 Å². The highest BCUT2D eigenvalue weighted by molar-refractivity contribution is 5.81. The van der Waals surface area contributed by atoms with Gasteiger partial charge in [-0.25, -0.2) is 4.99 Å². The molecule has 4 aromatic rings. The van der Waals surface area contributed by atoms with Crippen molar-refractivity contribution in [2.45, 2.75) is 32.7 Å². The van der Waals surface area contributed by atoms with Gasteiger partial charge in [-0.15, -0.1) is 10.2 Å². The van der Waals surface area contributed by atoms with Crippen LogP contribution in [0.5, 0.6) is 0 Å². The minimum atomic E-state index is 0.610. The van der Waals surface area contributed by atoms with E-state index < -0.39 is 0 Å². The lowest BCUT2D eigenvalue weighted by atomic mass is 9.99. The first kappa shape index (κ1) is 21.2. The molecule has 0 saturated heterocycles. The summed E-state index contributed by atoms with van der Waals surface area (Å²) in [6, 6.07) is 28.3. The molecule has 0 radical (unpaired) electrons. The lowest BCUT2D eigenvalue weighted by molar-refractivity contribution is 0.679. The number of hydrogen-bond donors (Lipinski definition) is 0. The number of aliphatic imine (C=N–C) groups is 1. The molecule has 32 heavy (non-hydrogen) atoms. The van der Waals surface area contributed by atoms with Gasteiger partial charge >= 0.3 is 0 Å². The second-order valence-electron chi connectivity index (χ2n) is 7.63. The van der Waals surface area contributed by atoms with Gasteiger partial charge in [0.15, 0.2) is 0 Å². The molecule has 1 heterocycles. The molecule has 158 valence electrons. The largest absolute Gasteiger partial charge is 0.291 e. The second-order valence-corrected chi connectivity index (χ2v) is 7.63. The quantitative estimate of drug-likeness (QED) is 0.331. The first-order valence-corrected chi connectivity index (χ1v) is 10.9. The van der Waals surface area contributed by atoms with E-state index in [9.17, 15) is 5.26 Å². The monoisotopic (exact) mass is 419 g/mol. The minimum absolute atomic E-state index is 0.610. The zero-order valence-electron chi connectivity index (χ0n) is 18.1. The van der Waals surface area contributed by atoms with Crippen LogP contribution in [-0.4, -0.2) is 21.0 Å². The normalized spacial score (nSPS) is 11.0. The molecule has 1 aromatic heterocycles. The topological polar surface area (TPSA) is 66.9 Å². The van der Waals surface area contributed by atoms with E-state index in [4.69, 9.17) is 0 Å². The van der Waals surface area contributed by atoms with Crippen molar-refractivity contribution in [3.8, 4) is 17.2 Å². The highest BCUT2D eigenvalue weighted by Crippen LogP contribution is 2.24. The molecule has 0 unspecified atom stereocenters. The van der Waals surface area contributed by atoms with Crippen LogP contribution in [0, 0.1) is 11.3 Å². The molecule has 3 aromatic carbocycles. The fourth-order valence-corrected chi connectivity index (χ4v) is 3.58. The molecule has 0 aliphatic heterocycles. The molecule has 5 nitrogen and oxygen atoms in total. The van der Waals surface area contributed by atoms with Crippen molar-refractivity contribution in [2.75, 3.05) is 0 Å². The van der Waals surface area contributed by atoms with Gasteiger partial charge in [0.2, 0.25) is 0 Å². The summed E-state index contributed by atoms with van der Waals surface area (Å²) in [7, 11) is 0. The van der Waals surface area contributed by atoms with Crippen LogP contribution in [0.4, 0.5) is 5.95 Å². The molecular formula is C27H25N5. The van der Waals surface area contributed by atoms with Crippen molar-refractivity contribution in [3.05, 3.63) is 101 Å². The number of nitriles is 1. The Morgan fingerprint density at radius 3 is 2.44 bits per heavy atom. The van der Waals surface area contributed by atoms with Crippen LogP contribution in [0.15, 0.2) is 83.9 Å². The molecule has 4 rings (SSSR count). The Kier molecular flexibility index (Phi) is 6.84. The summed E-state index contributed by atoms with van der Waals surface area (Å²) >= 11 is 0. The molecule has 0 aliphatic rings. The fraction of sp³-hybridized carbons (Fsp3) is 0.185. The third-order valence-corrected chi connectivity index (χ3v) is 5.34. The van der Waals surface area contributed by atoms with Gasteiger partial charge in [-0.05, 0) is 34.7 Å². The van der Waals surface area contributed by atoms with Crippen LogP contribution >= 0.6 is 0 Å². The molecule has 0 N–H and O–H groups in total. The third-order valence-electron chi connectivity index (χ3n) is 5.34. The average Bonchev–Trinajstić information content (AvgIpc) is 3.23. The van der Waals surface area contributed by atoms with Gasteiger partial charge in [-0.3, -0.25) is 4.57 Å². The van der Waals surface area contributed by atoms with Gasteiger partial charge in [-0.2, -0.15) is 5.26 Å². The Morgan fingerprint density at radius 1 is 0.938 bits per heavy atom. The third kappa shape index (κ3) is 4.98. The van der Waals surface area contributed by atoms with Gasteiger partial charge < -0.3 is 0 Å². The number of unbranched alkanes of at least 4 members (excludes halogenated alkanes) is 1. The highest BCUT2D eigenvalue weighted by atomic mass is 15.3. The standard InChI is InChI=1S/C27H25N5/c1-2-3-13-26-30-31-27(29-19-21-9-5-4-6-10-21)32(26)20-22-14-16-23(17-15-22)25-12-8-7-11-24(25)18-28/h4-12,14-17,19H,2-3,13,20H2,1H3/b29-19+. The van der Waals surface area contributed by atoms with E-state index in [2.05, 4.69) is 57.0 Å². The second kappa shape index (κ2) is 10.3. The van der Waals surface area contributed by atoms with Crippen molar-refractivity contribution in [2.24, 2.45) is 4.99 Å². The summed E-state index contributed by atoms with van der Waals surface area (Å²) < 4.78 is 2.09. The van der Waals surface area contributed by atoms with Crippen molar-refractivity contribution < 1.29 is 0 Å². The SMILES string of the molecule is CCCCc1nnc(/N=C/c2ccccc2)n1Cc1ccc(-c2ccccc2C#N)cc1. The van der Waals surface area contributed by atoms with E-state index in [0.717, 1.165) is 47.3 Å². The number of benzene rings is 3. The number of aromatic nitrogens is 3. The maximum absolute atomic E-state index is 9.39. The van der Waals surface area contributed by atoms with Gasteiger partial charge in [0, 0.05) is 12.6 Å². The van der Waals surface area contributed by atoms with E-state index in [1.54, 1.807) is 0 Å². The van der Waals surface area contributed by atoms with Crippen LogP contribution in [0.25, 0.3) is 11.1 Å². The van der Waals surface area contributed by atoms with E-state index in [1.165, 1.54) is 0 Å². The molecule has 0 spiro atoms. The smallest absolute Gasteiger partial charge is 0.251 e. The van der Waals surface area contributed by atoms with Gasteiger partial charge in [0.1, 0.15) is 5.82 Å². The van der Waals surface area contributed by atoms with Gasteiger partial charge in [0.05, 0.1) is 18.2 Å². The Balaban J connectivity index is 1.60. The summed E-state index contributed by atoms with van der Waals surface area (Å²) in [5, 5.41) is 18.1. The Morgan fingerprint density at radius 2 is 1.69 bits per heavy atom. The van der Waals surface area contributed by atoms with E-state index in [1.807, 2.05) is 60.8 Å². The minimum Gasteiger partial charge on any atom is -0.291 e. The molecule has 0 atom stereocenters. The Labute approximate surface area is 188 Å². The molecule has 5 heteroatoms. The molecular weight excluding hydrogens is 394 g/mol. The zero-order chi connectivity index (χ0) is 22.2. The first-order chi connectivity index (χ1) is 15.8. The first-order valence-electron chi connectivity index (χ1n) is 10.9. The molecule has 0 bridgehead atoms. The number of nitrogens with zero attached hydrogens (tertiary/aromatic N) is 5. The Bertz CT molecular complexity index is 1230. The summed E-state index contributed by atoms with van der Waals surface area (Å²) in [5.74, 6) is 1.56. The van der Waals surface area contributed by atoms with Crippen LogP contribution in [0.2, 0.25) is 0 Å². The van der Waals surface area contributed by atoms with Gasteiger partial charge in [-0.1, -0.05) is 86.1 Å². The lowest BCUT2D eigenvalue weighted by Gasteiger charge is -2.10. The predicted octanol–water partition coefficient (Wildman–Crippen LogP) is 5.96. The average molecular weight is 420 g/mol.